The Morgan fingerprint density at radius 3 is 2.65 bits per heavy atom. The van der Waals surface area contributed by atoms with Crippen LogP contribution in [0.3, 0.4) is 0 Å². The van der Waals surface area contributed by atoms with Crippen LogP contribution in [0.5, 0.6) is 0 Å². The molecular formula is C14H23N3O2S. The van der Waals surface area contributed by atoms with Crippen LogP contribution in [0.4, 0.5) is 5.82 Å². The normalized spacial score (nSPS) is 21.9. The summed E-state index contributed by atoms with van der Waals surface area (Å²) in [6, 6.07) is 0. The van der Waals surface area contributed by atoms with Crippen LogP contribution in [-0.4, -0.2) is 37.3 Å². The van der Waals surface area contributed by atoms with Gasteiger partial charge in [0.25, 0.3) is 5.56 Å². The van der Waals surface area contributed by atoms with Crippen LogP contribution < -0.4 is 10.5 Å². The van der Waals surface area contributed by atoms with E-state index in [1.807, 2.05) is 11.8 Å². The van der Waals surface area contributed by atoms with Crippen molar-refractivity contribution >= 4 is 16.6 Å². The molecule has 0 saturated carbocycles. The summed E-state index contributed by atoms with van der Waals surface area (Å²) < 4.78 is 13.8. The highest BCUT2D eigenvalue weighted by Gasteiger charge is 2.39. The quantitative estimate of drug-likeness (QED) is 0.843. The lowest BCUT2D eigenvalue weighted by Crippen LogP contribution is -2.54. The van der Waals surface area contributed by atoms with E-state index in [1.54, 1.807) is 17.0 Å². The number of aryl methyl sites for hydroxylation is 1. The minimum absolute atomic E-state index is 0.0520. The molecule has 1 saturated heterocycles. The number of aromatic nitrogens is 2. The van der Waals surface area contributed by atoms with Gasteiger partial charge in [0.2, 0.25) is 0 Å². The average Bonchev–Trinajstić information content (AvgIpc) is 2.48. The molecule has 112 valence electrons. The maximum absolute atomic E-state index is 12.4. The largest absolute Gasteiger partial charge is 0.350 e. The molecule has 1 aliphatic heterocycles. The molecule has 0 aliphatic carbocycles. The third-order valence-electron chi connectivity index (χ3n) is 4.33. The zero-order valence-electron chi connectivity index (χ0n) is 12.5. The molecule has 6 heteroatoms. The zero-order chi connectivity index (χ0) is 14.8. The minimum atomic E-state index is -0.823. The van der Waals surface area contributed by atoms with Crippen molar-refractivity contribution < 1.29 is 4.21 Å². The highest BCUT2D eigenvalue weighted by molar-refractivity contribution is 7.86. The van der Waals surface area contributed by atoms with Crippen LogP contribution in [0.25, 0.3) is 0 Å². The van der Waals surface area contributed by atoms with E-state index in [-0.39, 0.29) is 10.3 Å². The van der Waals surface area contributed by atoms with Crippen molar-refractivity contribution in [1.29, 1.82) is 0 Å². The first-order chi connectivity index (χ1) is 9.57. The Morgan fingerprint density at radius 1 is 1.35 bits per heavy atom. The van der Waals surface area contributed by atoms with Gasteiger partial charge in [0.1, 0.15) is 0 Å². The van der Waals surface area contributed by atoms with Crippen molar-refractivity contribution in [3.63, 3.8) is 0 Å². The van der Waals surface area contributed by atoms with E-state index in [2.05, 4.69) is 18.8 Å². The van der Waals surface area contributed by atoms with E-state index in [1.165, 1.54) is 0 Å². The average molecular weight is 297 g/mol. The summed E-state index contributed by atoms with van der Waals surface area (Å²) in [6.07, 6.45) is 5.11. The van der Waals surface area contributed by atoms with E-state index in [0.29, 0.717) is 31.2 Å². The number of nitrogens with zero attached hydrogens (tertiary/aromatic N) is 3. The molecule has 1 aromatic rings. The van der Waals surface area contributed by atoms with Gasteiger partial charge in [0.15, 0.2) is 5.82 Å². The highest BCUT2D eigenvalue weighted by atomic mass is 32.2. The molecule has 0 N–H and O–H groups in total. The van der Waals surface area contributed by atoms with Crippen molar-refractivity contribution in [2.45, 2.75) is 44.9 Å². The third-order valence-corrected chi connectivity index (χ3v) is 6.56. The first kappa shape index (κ1) is 15.2. The van der Waals surface area contributed by atoms with Gasteiger partial charge in [-0.05, 0) is 19.8 Å². The second-order valence-electron chi connectivity index (χ2n) is 5.20. The standard InChI is InChI=1S/C14H23N3O2S/c1-4-14(5-2)11-17(9-10-20(14)19)12-13(18)16(6-3)8-7-15-12/h7-8H,4-6,9-11H2,1-3H3. The number of hydrogen-bond acceptors (Lipinski definition) is 4. The Hall–Kier alpha value is -1.17. The summed E-state index contributed by atoms with van der Waals surface area (Å²) >= 11 is 0. The Bertz CT molecular complexity index is 552. The molecule has 5 nitrogen and oxygen atoms in total. The summed E-state index contributed by atoms with van der Waals surface area (Å²) in [6.45, 7) is 8.04. The molecule has 2 rings (SSSR count). The topological polar surface area (TPSA) is 55.2 Å². The van der Waals surface area contributed by atoms with Gasteiger partial charge in [0, 0.05) is 48.6 Å². The zero-order valence-corrected chi connectivity index (χ0v) is 13.3. The lowest BCUT2D eigenvalue weighted by molar-refractivity contribution is 0.492. The van der Waals surface area contributed by atoms with Gasteiger partial charge >= 0.3 is 0 Å². The molecule has 0 amide bonds. The van der Waals surface area contributed by atoms with Crippen molar-refractivity contribution in [3.8, 4) is 0 Å². The molecule has 2 heterocycles. The van der Waals surface area contributed by atoms with Crippen LogP contribution in [0.2, 0.25) is 0 Å². The van der Waals surface area contributed by atoms with Crippen LogP contribution in [-0.2, 0) is 17.3 Å². The van der Waals surface area contributed by atoms with Gasteiger partial charge in [0.05, 0.1) is 4.75 Å². The fourth-order valence-electron chi connectivity index (χ4n) is 2.79. The minimum Gasteiger partial charge on any atom is -0.350 e. The number of hydrogen-bond donors (Lipinski definition) is 0. The maximum atomic E-state index is 12.4. The Balaban J connectivity index is 2.35. The Labute approximate surface area is 122 Å². The molecule has 1 fully saturated rings. The molecule has 1 atom stereocenters. The maximum Gasteiger partial charge on any atom is 0.293 e. The van der Waals surface area contributed by atoms with Gasteiger partial charge in [-0.25, -0.2) is 4.98 Å². The predicted octanol–water partition coefficient (Wildman–Crippen LogP) is 1.39. The van der Waals surface area contributed by atoms with E-state index in [9.17, 15) is 9.00 Å². The summed E-state index contributed by atoms with van der Waals surface area (Å²) in [7, 11) is -0.823. The molecule has 0 spiro atoms. The Morgan fingerprint density at radius 2 is 2.05 bits per heavy atom. The SMILES string of the molecule is CCn1ccnc(N2CCS(=O)C(CC)(CC)C2)c1=O. The van der Waals surface area contributed by atoms with Crippen molar-refractivity contribution in [2.24, 2.45) is 0 Å². The van der Waals surface area contributed by atoms with Gasteiger partial charge in [-0.2, -0.15) is 0 Å². The van der Waals surface area contributed by atoms with Crippen LogP contribution >= 0.6 is 0 Å². The summed E-state index contributed by atoms with van der Waals surface area (Å²) in [5, 5.41) is 0. The van der Waals surface area contributed by atoms with Gasteiger partial charge in [-0.1, -0.05) is 13.8 Å². The summed E-state index contributed by atoms with van der Waals surface area (Å²) in [5.41, 5.74) is -0.0520. The van der Waals surface area contributed by atoms with Crippen molar-refractivity contribution in [2.75, 3.05) is 23.7 Å². The number of rotatable bonds is 4. The highest BCUT2D eigenvalue weighted by Crippen LogP contribution is 2.29. The summed E-state index contributed by atoms with van der Waals surface area (Å²) in [4.78, 5) is 18.6. The summed E-state index contributed by atoms with van der Waals surface area (Å²) in [5.74, 6) is 1.11. The van der Waals surface area contributed by atoms with E-state index >= 15 is 0 Å². The first-order valence-corrected chi connectivity index (χ1v) is 8.58. The monoisotopic (exact) mass is 297 g/mol. The number of anilines is 1. The smallest absolute Gasteiger partial charge is 0.293 e. The molecule has 20 heavy (non-hydrogen) atoms. The lowest BCUT2D eigenvalue weighted by atomic mass is 10.0. The molecule has 0 radical (unpaired) electrons. The van der Waals surface area contributed by atoms with Gasteiger partial charge in [-0.3, -0.25) is 9.00 Å². The van der Waals surface area contributed by atoms with Gasteiger partial charge < -0.3 is 9.47 Å². The molecule has 0 bridgehead atoms. The van der Waals surface area contributed by atoms with Crippen molar-refractivity contribution in [1.82, 2.24) is 9.55 Å². The molecule has 0 aromatic carbocycles. The van der Waals surface area contributed by atoms with Crippen molar-refractivity contribution in [3.05, 3.63) is 22.7 Å². The van der Waals surface area contributed by atoms with E-state index in [4.69, 9.17) is 0 Å². The molecular weight excluding hydrogens is 274 g/mol. The predicted molar refractivity (Wildman–Crippen MR) is 82.7 cm³/mol. The second kappa shape index (κ2) is 6.08. The molecule has 1 unspecified atom stereocenters. The first-order valence-electron chi connectivity index (χ1n) is 7.26. The third kappa shape index (κ3) is 2.53. The Kier molecular flexibility index (Phi) is 4.62. The van der Waals surface area contributed by atoms with Crippen LogP contribution in [0.15, 0.2) is 17.2 Å². The molecule has 1 aliphatic rings. The lowest BCUT2D eigenvalue weighted by Gasteiger charge is -2.41. The second-order valence-corrected chi connectivity index (χ2v) is 7.17. The van der Waals surface area contributed by atoms with E-state index in [0.717, 1.165) is 12.8 Å². The fourth-order valence-corrected chi connectivity index (χ4v) is 4.55. The van der Waals surface area contributed by atoms with Gasteiger partial charge in [-0.15, -0.1) is 0 Å². The fraction of sp³-hybridized carbons (Fsp3) is 0.714. The van der Waals surface area contributed by atoms with E-state index < -0.39 is 10.8 Å². The van der Waals surface area contributed by atoms with Crippen LogP contribution in [0, 0.1) is 0 Å². The molecule has 1 aromatic heterocycles. The van der Waals surface area contributed by atoms with Crippen LogP contribution in [0.1, 0.15) is 33.6 Å².